The number of sulfonamides is 1. The topological polar surface area (TPSA) is 71.1 Å². The first-order valence-electron chi connectivity index (χ1n) is 5.65. The average Bonchev–Trinajstić information content (AvgIpc) is 2.43. The summed E-state index contributed by atoms with van der Waals surface area (Å²) in [5.74, 6) is -0.496. The molecule has 1 aromatic carbocycles. The van der Waals surface area contributed by atoms with Crippen LogP contribution in [0.25, 0.3) is 0 Å². The van der Waals surface area contributed by atoms with Gasteiger partial charge in [-0.05, 0) is 24.3 Å². The molecule has 0 fully saturated rings. The molecule has 0 aliphatic carbocycles. The number of nitrogens with one attached hydrogen (secondary N) is 2. The molecule has 1 aromatic heterocycles. The quantitative estimate of drug-likeness (QED) is 0.887. The van der Waals surface area contributed by atoms with Gasteiger partial charge in [-0.2, -0.15) is 0 Å². The first-order valence-corrected chi connectivity index (χ1v) is 7.89. The molecule has 0 aliphatic rings. The highest BCUT2D eigenvalue weighted by atomic mass is 35.5. The molecular weight excluding hydrogens is 340 g/mol. The van der Waals surface area contributed by atoms with Gasteiger partial charge in [0, 0.05) is 13.2 Å². The fraction of sp³-hybridized carbons (Fsp3) is 0.0833. The van der Waals surface area contributed by atoms with Crippen LogP contribution in [0.2, 0.25) is 10.0 Å². The number of rotatable bonds is 4. The van der Waals surface area contributed by atoms with Crippen LogP contribution in [0, 0.1) is 5.82 Å². The monoisotopic (exact) mass is 349 g/mol. The maximum atomic E-state index is 13.1. The molecule has 2 aromatic rings. The number of halogens is 3. The predicted octanol–water partition coefficient (Wildman–Crippen LogP) is 3.37. The number of anilines is 2. The van der Waals surface area contributed by atoms with E-state index in [0.717, 1.165) is 12.1 Å². The van der Waals surface area contributed by atoms with Gasteiger partial charge in [0.05, 0.1) is 15.7 Å². The summed E-state index contributed by atoms with van der Waals surface area (Å²) in [6.45, 7) is 0. The highest BCUT2D eigenvalue weighted by molar-refractivity contribution is 7.93. The average molecular weight is 350 g/mol. The van der Waals surface area contributed by atoms with Crippen molar-refractivity contribution >= 4 is 44.7 Å². The summed E-state index contributed by atoms with van der Waals surface area (Å²) in [6.07, 6.45) is 1.45. The molecule has 21 heavy (non-hydrogen) atoms. The molecule has 0 aliphatic heterocycles. The molecule has 0 radical (unpaired) electrons. The molecule has 0 atom stereocenters. The zero-order valence-corrected chi connectivity index (χ0v) is 13.0. The lowest BCUT2D eigenvalue weighted by atomic mass is 10.3. The van der Waals surface area contributed by atoms with E-state index in [1.54, 1.807) is 7.05 Å². The maximum Gasteiger partial charge on any atom is 0.265 e. The van der Waals surface area contributed by atoms with E-state index in [1.165, 1.54) is 18.3 Å². The molecular formula is C12H10Cl2FN3O2S. The van der Waals surface area contributed by atoms with Gasteiger partial charge >= 0.3 is 0 Å². The highest BCUT2D eigenvalue weighted by Crippen LogP contribution is 2.33. The van der Waals surface area contributed by atoms with Gasteiger partial charge in [0.15, 0.2) is 0 Å². The zero-order valence-electron chi connectivity index (χ0n) is 10.7. The lowest BCUT2D eigenvalue weighted by Gasteiger charge is -2.13. The Morgan fingerprint density at radius 1 is 1.24 bits per heavy atom. The summed E-state index contributed by atoms with van der Waals surface area (Å²) in [5.41, 5.74) is -0.0920. The zero-order chi connectivity index (χ0) is 15.6. The van der Waals surface area contributed by atoms with Crippen molar-refractivity contribution in [2.75, 3.05) is 17.1 Å². The highest BCUT2D eigenvalue weighted by Gasteiger charge is 2.21. The second-order valence-corrected chi connectivity index (χ2v) is 6.42. The van der Waals surface area contributed by atoms with Crippen molar-refractivity contribution in [1.82, 2.24) is 4.98 Å². The summed E-state index contributed by atoms with van der Waals surface area (Å²) in [4.78, 5) is 3.83. The number of aromatic nitrogens is 1. The molecule has 2 N–H and O–H groups in total. The number of hydrogen-bond acceptors (Lipinski definition) is 4. The van der Waals surface area contributed by atoms with Crippen LogP contribution in [0.15, 0.2) is 35.4 Å². The van der Waals surface area contributed by atoms with E-state index < -0.39 is 15.8 Å². The van der Waals surface area contributed by atoms with Crippen LogP contribution < -0.4 is 10.0 Å². The first kappa shape index (κ1) is 15.8. The summed E-state index contributed by atoms with van der Waals surface area (Å²) in [7, 11) is -2.44. The van der Waals surface area contributed by atoms with Crippen LogP contribution in [0.1, 0.15) is 0 Å². The fourth-order valence-electron chi connectivity index (χ4n) is 1.62. The van der Waals surface area contributed by atoms with Crippen LogP contribution in [-0.2, 0) is 10.0 Å². The molecule has 0 unspecified atom stereocenters. The number of nitrogens with zero attached hydrogens (tertiary/aromatic N) is 1. The molecule has 0 amide bonds. The number of hydrogen-bond donors (Lipinski definition) is 2. The lowest BCUT2D eigenvalue weighted by Crippen LogP contribution is -2.16. The summed E-state index contributed by atoms with van der Waals surface area (Å²) >= 11 is 11.6. The third-order valence-electron chi connectivity index (χ3n) is 2.54. The molecule has 0 bridgehead atoms. The van der Waals surface area contributed by atoms with Gasteiger partial charge in [0.1, 0.15) is 16.5 Å². The van der Waals surface area contributed by atoms with Gasteiger partial charge in [-0.1, -0.05) is 23.2 Å². The van der Waals surface area contributed by atoms with Gasteiger partial charge < -0.3 is 5.32 Å². The number of benzene rings is 1. The Hall–Kier alpha value is -1.57. The smallest absolute Gasteiger partial charge is 0.265 e. The predicted molar refractivity (Wildman–Crippen MR) is 81.0 cm³/mol. The maximum absolute atomic E-state index is 13.1. The molecule has 0 saturated heterocycles. The van der Waals surface area contributed by atoms with Crippen LogP contribution in [0.5, 0.6) is 0 Å². The Bertz CT molecular complexity index is 761. The van der Waals surface area contributed by atoms with Crippen LogP contribution >= 0.6 is 23.2 Å². The minimum atomic E-state index is -3.98. The van der Waals surface area contributed by atoms with E-state index >= 15 is 0 Å². The van der Waals surface area contributed by atoms with Gasteiger partial charge in [-0.3, -0.25) is 4.72 Å². The van der Waals surface area contributed by atoms with E-state index in [2.05, 4.69) is 15.0 Å². The summed E-state index contributed by atoms with van der Waals surface area (Å²) in [5, 5.41) is 2.39. The third kappa shape index (κ3) is 3.37. The van der Waals surface area contributed by atoms with Gasteiger partial charge in [0.2, 0.25) is 0 Å². The van der Waals surface area contributed by atoms with E-state index in [1.807, 2.05) is 0 Å². The molecule has 1 heterocycles. The molecule has 9 heteroatoms. The third-order valence-corrected chi connectivity index (χ3v) is 4.52. The molecule has 2 rings (SSSR count). The Morgan fingerprint density at radius 3 is 2.43 bits per heavy atom. The van der Waals surface area contributed by atoms with Crippen molar-refractivity contribution in [3.8, 4) is 0 Å². The standard InChI is InChI=1S/C12H10Cl2FN3O2S/c1-16-12-10(3-2-4-17-12)21(19,20)18-11-8(13)5-7(15)6-9(11)14/h2-6,18H,1H3,(H,16,17). The number of pyridine rings is 1. The summed E-state index contributed by atoms with van der Waals surface area (Å²) < 4.78 is 40.1. The van der Waals surface area contributed by atoms with Crippen molar-refractivity contribution in [1.29, 1.82) is 0 Å². The Kier molecular flexibility index (Phi) is 4.55. The summed E-state index contributed by atoms with van der Waals surface area (Å²) in [6, 6.07) is 4.77. The minimum absolute atomic E-state index is 0.0797. The lowest BCUT2D eigenvalue weighted by molar-refractivity contribution is 0.601. The SMILES string of the molecule is CNc1ncccc1S(=O)(=O)Nc1c(Cl)cc(F)cc1Cl. The Labute approximate surface area is 131 Å². The Balaban J connectivity index is 2.48. The molecule has 0 saturated carbocycles. The van der Waals surface area contributed by atoms with E-state index in [9.17, 15) is 12.8 Å². The van der Waals surface area contributed by atoms with Crippen LogP contribution in [0.4, 0.5) is 15.9 Å². The second-order valence-electron chi connectivity index (χ2n) is 3.95. The largest absolute Gasteiger partial charge is 0.372 e. The molecule has 112 valence electrons. The van der Waals surface area contributed by atoms with Crippen molar-refractivity contribution in [3.05, 3.63) is 46.3 Å². The molecule has 5 nitrogen and oxygen atoms in total. The van der Waals surface area contributed by atoms with E-state index in [-0.39, 0.29) is 26.4 Å². The van der Waals surface area contributed by atoms with Gasteiger partial charge in [-0.15, -0.1) is 0 Å². The van der Waals surface area contributed by atoms with Crippen LogP contribution in [-0.4, -0.2) is 20.4 Å². The normalized spacial score (nSPS) is 11.2. The van der Waals surface area contributed by atoms with E-state index in [4.69, 9.17) is 23.2 Å². The minimum Gasteiger partial charge on any atom is -0.372 e. The fourth-order valence-corrected chi connectivity index (χ4v) is 3.56. The Morgan fingerprint density at radius 2 is 1.86 bits per heavy atom. The van der Waals surface area contributed by atoms with Crippen molar-refractivity contribution in [3.63, 3.8) is 0 Å². The van der Waals surface area contributed by atoms with Crippen molar-refractivity contribution in [2.45, 2.75) is 4.90 Å². The first-order chi connectivity index (χ1) is 9.85. The van der Waals surface area contributed by atoms with Gasteiger partial charge in [0.25, 0.3) is 10.0 Å². The van der Waals surface area contributed by atoms with Crippen molar-refractivity contribution in [2.24, 2.45) is 0 Å². The van der Waals surface area contributed by atoms with Crippen LogP contribution in [0.3, 0.4) is 0 Å². The molecule has 0 spiro atoms. The van der Waals surface area contributed by atoms with Crippen molar-refractivity contribution < 1.29 is 12.8 Å². The second kappa shape index (κ2) is 6.05. The van der Waals surface area contributed by atoms with E-state index in [0.29, 0.717) is 0 Å². The van der Waals surface area contributed by atoms with Gasteiger partial charge in [-0.25, -0.2) is 17.8 Å².